The van der Waals surface area contributed by atoms with Gasteiger partial charge in [0, 0.05) is 54.8 Å². The molecule has 1 amide bonds. The van der Waals surface area contributed by atoms with Crippen LogP contribution in [0.25, 0.3) is 0 Å². The van der Waals surface area contributed by atoms with Gasteiger partial charge in [0.25, 0.3) is 0 Å². The van der Waals surface area contributed by atoms with Crippen LogP contribution in [0.3, 0.4) is 0 Å². The Morgan fingerprint density at radius 3 is 2.62 bits per heavy atom. The summed E-state index contributed by atoms with van der Waals surface area (Å²) in [6.45, 7) is 9.82. The highest BCUT2D eigenvalue weighted by atomic mass is 79.9. The minimum Gasteiger partial charge on any atom is -0.494 e. The lowest BCUT2D eigenvalue weighted by molar-refractivity contribution is -0.131. The number of benzene rings is 1. The maximum absolute atomic E-state index is 12.5. The van der Waals surface area contributed by atoms with E-state index in [9.17, 15) is 4.79 Å². The molecular formula is C22H29BrN4O2. The summed E-state index contributed by atoms with van der Waals surface area (Å²) in [7, 11) is 0. The molecular weight excluding hydrogens is 432 g/mol. The van der Waals surface area contributed by atoms with Crippen molar-refractivity contribution in [3.8, 4) is 5.75 Å². The first kappa shape index (κ1) is 21.6. The van der Waals surface area contributed by atoms with E-state index >= 15 is 0 Å². The Bertz CT molecular complexity index is 835. The molecule has 1 aliphatic rings. The van der Waals surface area contributed by atoms with Gasteiger partial charge in [-0.2, -0.15) is 0 Å². The Labute approximate surface area is 181 Å². The lowest BCUT2D eigenvalue weighted by atomic mass is 10.2. The van der Waals surface area contributed by atoms with Crippen LogP contribution in [-0.4, -0.2) is 53.6 Å². The number of hydrogen-bond donors (Lipinski definition) is 0. The third kappa shape index (κ3) is 6.16. The number of halogens is 1. The molecule has 0 radical (unpaired) electrons. The molecule has 156 valence electrons. The second kappa shape index (κ2) is 10.1. The van der Waals surface area contributed by atoms with Gasteiger partial charge in [0.1, 0.15) is 17.4 Å². The topological polar surface area (TPSA) is 58.6 Å². The predicted molar refractivity (Wildman–Crippen MR) is 119 cm³/mol. The fourth-order valence-corrected chi connectivity index (χ4v) is 3.69. The average molecular weight is 461 g/mol. The number of aryl methyl sites for hydroxylation is 1. The quantitative estimate of drug-likeness (QED) is 0.579. The summed E-state index contributed by atoms with van der Waals surface area (Å²) in [6, 6.07) is 9.78. The molecule has 1 aliphatic heterocycles. The van der Waals surface area contributed by atoms with Gasteiger partial charge in [0.15, 0.2) is 0 Å². The number of aromatic nitrogens is 2. The number of nitrogens with zero attached hydrogens (tertiary/aromatic N) is 4. The van der Waals surface area contributed by atoms with Crippen LogP contribution in [0.1, 0.15) is 44.1 Å². The molecule has 7 heteroatoms. The fourth-order valence-electron chi connectivity index (χ4n) is 3.31. The second-order valence-corrected chi connectivity index (χ2v) is 8.57. The predicted octanol–water partition coefficient (Wildman–Crippen LogP) is 4.18. The van der Waals surface area contributed by atoms with E-state index in [0.717, 1.165) is 53.7 Å². The summed E-state index contributed by atoms with van der Waals surface area (Å²) < 4.78 is 6.71. The Hall–Kier alpha value is -2.15. The van der Waals surface area contributed by atoms with E-state index in [0.29, 0.717) is 25.4 Å². The summed E-state index contributed by atoms with van der Waals surface area (Å²) >= 11 is 3.43. The zero-order valence-corrected chi connectivity index (χ0v) is 19.0. The van der Waals surface area contributed by atoms with Crippen LogP contribution in [0, 0.1) is 6.92 Å². The molecule has 0 saturated carbocycles. The summed E-state index contributed by atoms with van der Waals surface area (Å²) in [5, 5.41) is 0. The fraction of sp³-hybridized carbons (Fsp3) is 0.500. The van der Waals surface area contributed by atoms with Crippen molar-refractivity contribution < 1.29 is 9.53 Å². The van der Waals surface area contributed by atoms with Crippen LogP contribution in [0.4, 0.5) is 5.82 Å². The minimum atomic E-state index is 0.198. The zero-order valence-electron chi connectivity index (χ0n) is 17.4. The molecule has 6 nitrogen and oxygen atoms in total. The van der Waals surface area contributed by atoms with Crippen molar-refractivity contribution in [3.05, 3.63) is 46.3 Å². The number of amides is 1. The number of anilines is 1. The Morgan fingerprint density at radius 1 is 1.17 bits per heavy atom. The van der Waals surface area contributed by atoms with E-state index in [1.807, 2.05) is 42.2 Å². The summed E-state index contributed by atoms with van der Waals surface area (Å²) in [5.74, 6) is 3.17. The van der Waals surface area contributed by atoms with Gasteiger partial charge >= 0.3 is 0 Å². The average Bonchev–Trinajstić information content (AvgIpc) is 2.71. The first-order valence-electron chi connectivity index (χ1n) is 10.2. The number of ether oxygens (including phenoxy) is 1. The van der Waals surface area contributed by atoms with Crippen LogP contribution in [-0.2, 0) is 4.79 Å². The Kier molecular flexibility index (Phi) is 7.47. The molecule has 29 heavy (non-hydrogen) atoms. The van der Waals surface area contributed by atoms with Crippen LogP contribution >= 0.6 is 15.9 Å². The first-order valence-corrected chi connectivity index (χ1v) is 11.0. The third-order valence-electron chi connectivity index (χ3n) is 4.93. The number of piperazine rings is 1. The van der Waals surface area contributed by atoms with E-state index in [4.69, 9.17) is 9.72 Å². The molecule has 0 spiro atoms. The lowest BCUT2D eigenvalue weighted by Crippen LogP contribution is -2.49. The maximum atomic E-state index is 12.5. The van der Waals surface area contributed by atoms with Gasteiger partial charge in [-0.15, -0.1) is 0 Å². The van der Waals surface area contributed by atoms with Gasteiger partial charge in [-0.05, 0) is 31.5 Å². The third-order valence-corrected chi connectivity index (χ3v) is 5.42. The molecule has 1 saturated heterocycles. The molecule has 0 atom stereocenters. The van der Waals surface area contributed by atoms with Crippen LogP contribution in [0.15, 0.2) is 34.8 Å². The highest BCUT2D eigenvalue weighted by Gasteiger charge is 2.22. The van der Waals surface area contributed by atoms with Gasteiger partial charge in [-0.3, -0.25) is 4.79 Å². The van der Waals surface area contributed by atoms with E-state index in [2.05, 4.69) is 39.7 Å². The van der Waals surface area contributed by atoms with E-state index < -0.39 is 0 Å². The van der Waals surface area contributed by atoms with Gasteiger partial charge in [-0.1, -0.05) is 35.8 Å². The molecule has 0 unspecified atom stereocenters. The molecule has 2 heterocycles. The summed E-state index contributed by atoms with van der Waals surface area (Å²) in [5.41, 5.74) is 0.989. The maximum Gasteiger partial charge on any atom is 0.222 e. The number of carbonyl (C=O) groups excluding carboxylic acids is 1. The van der Waals surface area contributed by atoms with Crippen molar-refractivity contribution in [3.63, 3.8) is 0 Å². The normalized spacial score (nSPS) is 14.4. The SMILES string of the molecule is Cc1cc(N2CCN(C(=O)CCCOc3cccc(Br)c3)CC2)nc(C(C)C)n1. The molecule has 2 aromatic rings. The Morgan fingerprint density at radius 2 is 1.93 bits per heavy atom. The monoisotopic (exact) mass is 460 g/mol. The van der Waals surface area contributed by atoms with Crippen LogP contribution in [0.5, 0.6) is 5.75 Å². The van der Waals surface area contributed by atoms with Gasteiger partial charge in [-0.25, -0.2) is 9.97 Å². The molecule has 1 aromatic heterocycles. The number of rotatable bonds is 7. The van der Waals surface area contributed by atoms with Crippen molar-refractivity contribution in [1.29, 1.82) is 0 Å². The molecule has 3 rings (SSSR count). The summed E-state index contributed by atoms with van der Waals surface area (Å²) in [6.07, 6.45) is 1.23. The van der Waals surface area contributed by atoms with E-state index in [1.165, 1.54) is 0 Å². The van der Waals surface area contributed by atoms with Gasteiger partial charge in [0.05, 0.1) is 6.61 Å². The molecule has 1 aromatic carbocycles. The molecule has 0 aliphatic carbocycles. The number of hydrogen-bond acceptors (Lipinski definition) is 5. The minimum absolute atomic E-state index is 0.198. The summed E-state index contributed by atoms with van der Waals surface area (Å²) in [4.78, 5) is 26.0. The van der Waals surface area contributed by atoms with Gasteiger partial charge < -0.3 is 14.5 Å². The van der Waals surface area contributed by atoms with Crippen molar-refractivity contribution in [2.75, 3.05) is 37.7 Å². The molecule has 0 N–H and O–H groups in total. The van der Waals surface area contributed by atoms with Crippen molar-refractivity contribution in [2.45, 2.75) is 39.5 Å². The van der Waals surface area contributed by atoms with Gasteiger partial charge in [0.2, 0.25) is 5.91 Å². The highest BCUT2D eigenvalue weighted by molar-refractivity contribution is 9.10. The molecule has 1 fully saturated rings. The second-order valence-electron chi connectivity index (χ2n) is 7.66. The van der Waals surface area contributed by atoms with E-state index in [-0.39, 0.29) is 5.91 Å². The standard InChI is InChI=1S/C22H29BrN4O2/c1-16(2)22-24-17(3)14-20(25-22)26-9-11-27(12-10-26)21(28)8-5-13-29-19-7-4-6-18(23)15-19/h4,6-7,14-16H,5,8-13H2,1-3H3. The zero-order chi connectivity index (χ0) is 20.8. The van der Waals surface area contributed by atoms with Crippen molar-refractivity contribution >= 4 is 27.7 Å². The first-order chi connectivity index (χ1) is 13.9. The Balaban J connectivity index is 1.43. The smallest absolute Gasteiger partial charge is 0.222 e. The molecule has 0 bridgehead atoms. The number of carbonyl (C=O) groups is 1. The van der Waals surface area contributed by atoms with Crippen LogP contribution < -0.4 is 9.64 Å². The largest absolute Gasteiger partial charge is 0.494 e. The van der Waals surface area contributed by atoms with Crippen LogP contribution in [0.2, 0.25) is 0 Å². The highest BCUT2D eigenvalue weighted by Crippen LogP contribution is 2.20. The lowest BCUT2D eigenvalue weighted by Gasteiger charge is -2.35. The van der Waals surface area contributed by atoms with E-state index in [1.54, 1.807) is 0 Å². The van der Waals surface area contributed by atoms with Crippen molar-refractivity contribution in [1.82, 2.24) is 14.9 Å². The van der Waals surface area contributed by atoms with Crippen molar-refractivity contribution in [2.24, 2.45) is 0 Å².